The van der Waals surface area contributed by atoms with Crippen LogP contribution in [0.2, 0.25) is 5.02 Å². The number of amidine groups is 1. The van der Waals surface area contributed by atoms with Crippen LogP contribution in [-0.4, -0.2) is 29.7 Å². The van der Waals surface area contributed by atoms with Gasteiger partial charge in [0.2, 0.25) is 0 Å². The van der Waals surface area contributed by atoms with Gasteiger partial charge in [-0.25, -0.2) is 4.99 Å². The van der Waals surface area contributed by atoms with Gasteiger partial charge in [-0.05, 0) is 55.3 Å². The highest BCUT2D eigenvalue weighted by molar-refractivity contribution is 6.34. The monoisotopic (exact) mass is 417 g/mol. The van der Waals surface area contributed by atoms with Crippen LogP contribution in [0.15, 0.2) is 71.7 Å². The molecule has 5 nitrogen and oxygen atoms in total. The molecule has 0 bridgehead atoms. The first kappa shape index (κ1) is 18.7. The van der Waals surface area contributed by atoms with Crippen molar-refractivity contribution in [1.82, 2.24) is 4.90 Å². The van der Waals surface area contributed by atoms with E-state index in [0.717, 1.165) is 54.5 Å². The van der Waals surface area contributed by atoms with Gasteiger partial charge >= 0.3 is 0 Å². The van der Waals surface area contributed by atoms with Crippen molar-refractivity contribution < 1.29 is 9.53 Å². The Balaban J connectivity index is 1.54. The van der Waals surface area contributed by atoms with Crippen LogP contribution >= 0.6 is 11.6 Å². The Bertz CT molecular complexity index is 1150. The number of anilines is 1. The minimum Gasteiger partial charge on any atom is -0.454 e. The minimum absolute atomic E-state index is 0.252. The molecule has 150 valence electrons. The standard InChI is InChI=1S/C24H20ClN3O2/c25-19-8-2-1-7-17(19)24(29)26-16-11-12-21-18(15-16)23(28-13-5-6-14-28)27-20-9-3-4-10-22(20)30-21/h1-4,7-12,15H,5-6,13-14H2,(H,26,29). The van der Waals surface area contributed by atoms with Crippen molar-refractivity contribution >= 4 is 34.7 Å². The molecule has 2 aliphatic heterocycles. The number of nitrogens with zero attached hydrogens (tertiary/aromatic N) is 2. The second-order valence-corrected chi connectivity index (χ2v) is 7.75. The maximum atomic E-state index is 12.7. The summed E-state index contributed by atoms with van der Waals surface area (Å²) in [7, 11) is 0. The Morgan fingerprint density at radius 2 is 1.73 bits per heavy atom. The number of hydrogen-bond donors (Lipinski definition) is 1. The Hall–Kier alpha value is -3.31. The quantitative estimate of drug-likeness (QED) is 0.567. The van der Waals surface area contributed by atoms with Crippen molar-refractivity contribution in [3.05, 3.63) is 82.9 Å². The number of ether oxygens (including phenoxy) is 1. The lowest BCUT2D eigenvalue weighted by molar-refractivity contribution is 0.102. The third-order valence-corrected chi connectivity index (χ3v) is 5.64. The molecular formula is C24H20ClN3O2. The molecule has 0 aromatic heterocycles. The molecule has 0 aliphatic carbocycles. The highest BCUT2D eigenvalue weighted by Crippen LogP contribution is 2.39. The number of aliphatic imine (C=N–C) groups is 1. The van der Waals surface area contributed by atoms with E-state index in [1.807, 2.05) is 42.5 Å². The van der Waals surface area contributed by atoms with Crippen LogP contribution in [0.1, 0.15) is 28.8 Å². The van der Waals surface area contributed by atoms with Crippen molar-refractivity contribution in [2.75, 3.05) is 18.4 Å². The summed E-state index contributed by atoms with van der Waals surface area (Å²) in [6.45, 7) is 1.91. The van der Waals surface area contributed by atoms with Crippen molar-refractivity contribution in [3.63, 3.8) is 0 Å². The fourth-order valence-corrected chi connectivity index (χ4v) is 4.04. The average molecular weight is 418 g/mol. The van der Waals surface area contributed by atoms with Crippen LogP contribution < -0.4 is 10.1 Å². The van der Waals surface area contributed by atoms with Crippen LogP contribution in [0.5, 0.6) is 11.5 Å². The molecule has 1 saturated heterocycles. The lowest BCUT2D eigenvalue weighted by Crippen LogP contribution is -2.28. The van der Waals surface area contributed by atoms with Gasteiger partial charge < -0.3 is 15.0 Å². The number of amides is 1. The summed E-state index contributed by atoms with van der Waals surface area (Å²) in [6.07, 6.45) is 2.28. The van der Waals surface area contributed by atoms with E-state index in [4.69, 9.17) is 21.3 Å². The topological polar surface area (TPSA) is 53.9 Å². The van der Waals surface area contributed by atoms with Crippen molar-refractivity contribution in [3.8, 4) is 11.5 Å². The molecule has 2 heterocycles. The Morgan fingerprint density at radius 3 is 2.57 bits per heavy atom. The van der Waals surface area contributed by atoms with Gasteiger partial charge in [-0.3, -0.25) is 4.79 Å². The van der Waals surface area contributed by atoms with Crippen molar-refractivity contribution in [2.45, 2.75) is 12.8 Å². The molecule has 6 heteroatoms. The van der Waals surface area contributed by atoms with E-state index in [1.54, 1.807) is 24.3 Å². The van der Waals surface area contributed by atoms with Gasteiger partial charge in [0.15, 0.2) is 5.75 Å². The normalized spacial score (nSPS) is 14.8. The maximum absolute atomic E-state index is 12.7. The summed E-state index contributed by atoms with van der Waals surface area (Å²) in [4.78, 5) is 19.9. The molecule has 0 unspecified atom stereocenters. The smallest absolute Gasteiger partial charge is 0.257 e. The largest absolute Gasteiger partial charge is 0.454 e. The van der Waals surface area contributed by atoms with Crippen LogP contribution in [0.4, 0.5) is 11.4 Å². The molecule has 3 aromatic rings. The number of fused-ring (bicyclic) bond motifs is 2. The molecule has 2 aliphatic rings. The molecule has 1 N–H and O–H groups in total. The molecule has 1 fully saturated rings. The second-order valence-electron chi connectivity index (χ2n) is 7.34. The highest BCUT2D eigenvalue weighted by atomic mass is 35.5. The molecule has 0 atom stereocenters. The van der Waals surface area contributed by atoms with Gasteiger partial charge in [0.25, 0.3) is 5.91 Å². The van der Waals surface area contributed by atoms with Gasteiger partial charge in [-0.15, -0.1) is 0 Å². The Kier molecular flexibility index (Phi) is 4.89. The molecule has 30 heavy (non-hydrogen) atoms. The van der Waals surface area contributed by atoms with E-state index < -0.39 is 0 Å². The first-order valence-electron chi connectivity index (χ1n) is 10.00. The predicted octanol–water partition coefficient (Wildman–Crippen LogP) is 5.87. The van der Waals surface area contributed by atoms with E-state index in [1.165, 1.54) is 0 Å². The third-order valence-electron chi connectivity index (χ3n) is 5.31. The molecule has 0 spiro atoms. The van der Waals surface area contributed by atoms with E-state index in [0.29, 0.717) is 16.3 Å². The number of carbonyl (C=O) groups is 1. The number of nitrogens with one attached hydrogen (secondary N) is 1. The number of benzene rings is 3. The zero-order valence-corrected chi connectivity index (χ0v) is 17.0. The molecule has 0 radical (unpaired) electrons. The molecule has 5 rings (SSSR count). The molecule has 1 amide bonds. The van der Waals surface area contributed by atoms with Crippen LogP contribution in [0.25, 0.3) is 0 Å². The summed E-state index contributed by atoms with van der Waals surface area (Å²) >= 11 is 6.18. The summed E-state index contributed by atoms with van der Waals surface area (Å²) in [5.74, 6) is 2.07. The maximum Gasteiger partial charge on any atom is 0.257 e. The van der Waals surface area contributed by atoms with Gasteiger partial charge in [0.05, 0.1) is 16.1 Å². The van der Waals surface area contributed by atoms with Gasteiger partial charge in [0, 0.05) is 18.8 Å². The number of halogens is 1. The zero-order valence-electron chi connectivity index (χ0n) is 16.3. The predicted molar refractivity (Wildman–Crippen MR) is 119 cm³/mol. The zero-order chi connectivity index (χ0) is 20.5. The number of rotatable bonds is 2. The lowest BCUT2D eigenvalue weighted by Gasteiger charge is -2.21. The van der Waals surface area contributed by atoms with Crippen LogP contribution in [0, 0.1) is 0 Å². The Morgan fingerprint density at radius 1 is 0.967 bits per heavy atom. The van der Waals surface area contributed by atoms with Crippen molar-refractivity contribution in [2.24, 2.45) is 4.99 Å². The summed E-state index contributed by atoms with van der Waals surface area (Å²) in [5, 5.41) is 3.37. The SMILES string of the molecule is O=C(Nc1ccc2c(c1)C(N1CCCC1)=Nc1ccccc1O2)c1ccccc1Cl. The van der Waals surface area contributed by atoms with Gasteiger partial charge in [-0.1, -0.05) is 35.9 Å². The molecule has 3 aromatic carbocycles. The highest BCUT2D eigenvalue weighted by Gasteiger charge is 2.25. The number of hydrogen-bond acceptors (Lipinski definition) is 4. The summed E-state index contributed by atoms with van der Waals surface area (Å²) < 4.78 is 6.18. The Labute approximate surface area is 180 Å². The van der Waals surface area contributed by atoms with Crippen LogP contribution in [0.3, 0.4) is 0 Å². The molecule has 0 saturated carbocycles. The fraction of sp³-hybridized carbons (Fsp3) is 0.167. The minimum atomic E-state index is -0.252. The van der Waals surface area contributed by atoms with E-state index in [9.17, 15) is 4.79 Å². The fourth-order valence-electron chi connectivity index (χ4n) is 3.81. The van der Waals surface area contributed by atoms with Gasteiger partial charge in [0.1, 0.15) is 17.3 Å². The van der Waals surface area contributed by atoms with E-state index in [-0.39, 0.29) is 5.91 Å². The lowest BCUT2D eigenvalue weighted by atomic mass is 10.1. The third kappa shape index (κ3) is 3.53. The first-order valence-corrected chi connectivity index (χ1v) is 10.4. The average Bonchev–Trinajstić information content (AvgIpc) is 3.23. The van der Waals surface area contributed by atoms with Gasteiger partial charge in [-0.2, -0.15) is 0 Å². The van der Waals surface area contributed by atoms with E-state index in [2.05, 4.69) is 10.2 Å². The number of carbonyl (C=O) groups excluding carboxylic acids is 1. The van der Waals surface area contributed by atoms with Crippen molar-refractivity contribution in [1.29, 1.82) is 0 Å². The first-order chi connectivity index (χ1) is 14.7. The summed E-state index contributed by atoms with van der Waals surface area (Å²) in [6, 6.07) is 20.4. The van der Waals surface area contributed by atoms with E-state index >= 15 is 0 Å². The second kappa shape index (κ2) is 7.84. The summed E-state index contributed by atoms with van der Waals surface area (Å²) in [5.41, 5.74) is 2.77. The number of para-hydroxylation sites is 2. The van der Waals surface area contributed by atoms with Crippen LogP contribution in [-0.2, 0) is 0 Å². The molecular weight excluding hydrogens is 398 g/mol. The number of likely N-dealkylation sites (tertiary alicyclic amines) is 1.